The Morgan fingerprint density at radius 2 is 1.83 bits per heavy atom. The van der Waals surface area contributed by atoms with Crippen LogP contribution < -0.4 is 5.32 Å². The number of carbonyl (C=O) groups excluding carboxylic acids is 2. The molecule has 3 amide bonds. The number of piperidine rings is 2. The first-order valence-corrected chi connectivity index (χ1v) is 8.91. The van der Waals surface area contributed by atoms with Crippen LogP contribution in [0.5, 0.6) is 0 Å². The van der Waals surface area contributed by atoms with Gasteiger partial charge in [0.05, 0.1) is 6.54 Å². The molecule has 0 aromatic heterocycles. The van der Waals surface area contributed by atoms with Crippen LogP contribution in [0.3, 0.4) is 0 Å². The molecule has 2 fully saturated rings. The average Bonchev–Trinajstić information content (AvgIpc) is 2.54. The number of rotatable bonds is 4. The number of hydrogen-bond acceptors (Lipinski definition) is 3. The first-order valence-electron chi connectivity index (χ1n) is 8.91. The van der Waals surface area contributed by atoms with E-state index in [0.29, 0.717) is 5.92 Å². The Hall–Kier alpha value is -1.30. The molecule has 0 aliphatic carbocycles. The van der Waals surface area contributed by atoms with Crippen LogP contribution >= 0.6 is 0 Å². The van der Waals surface area contributed by atoms with Gasteiger partial charge >= 0.3 is 6.03 Å². The summed E-state index contributed by atoms with van der Waals surface area (Å²) in [5.41, 5.74) is 0. The van der Waals surface area contributed by atoms with Crippen molar-refractivity contribution in [2.75, 3.05) is 53.4 Å². The van der Waals surface area contributed by atoms with E-state index in [1.165, 1.54) is 37.3 Å². The second-order valence-electron chi connectivity index (χ2n) is 7.38. The molecule has 23 heavy (non-hydrogen) atoms. The van der Waals surface area contributed by atoms with Crippen LogP contribution in [-0.4, -0.2) is 80.0 Å². The first kappa shape index (κ1) is 18.0. The van der Waals surface area contributed by atoms with Gasteiger partial charge in [-0.3, -0.25) is 4.79 Å². The van der Waals surface area contributed by atoms with Crippen molar-refractivity contribution < 1.29 is 9.59 Å². The van der Waals surface area contributed by atoms with Crippen LogP contribution in [-0.2, 0) is 4.79 Å². The van der Waals surface area contributed by atoms with Gasteiger partial charge < -0.3 is 20.0 Å². The summed E-state index contributed by atoms with van der Waals surface area (Å²) in [5.74, 6) is 1.34. The molecule has 2 heterocycles. The second-order valence-corrected chi connectivity index (χ2v) is 7.38. The summed E-state index contributed by atoms with van der Waals surface area (Å²) in [6, 6.07) is -0.0998. The predicted octanol–water partition coefficient (Wildman–Crippen LogP) is 1.23. The monoisotopic (exact) mass is 324 g/mol. The molecule has 132 valence electrons. The van der Waals surface area contributed by atoms with Crippen molar-refractivity contribution in [3.8, 4) is 0 Å². The highest BCUT2D eigenvalue weighted by Crippen LogP contribution is 2.21. The normalized spacial score (nSPS) is 23.6. The van der Waals surface area contributed by atoms with Gasteiger partial charge in [0.15, 0.2) is 0 Å². The van der Waals surface area contributed by atoms with Crippen molar-refractivity contribution >= 4 is 11.9 Å². The van der Waals surface area contributed by atoms with Gasteiger partial charge in [-0.25, -0.2) is 4.79 Å². The van der Waals surface area contributed by atoms with Crippen LogP contribution in [0, 0.1) is 11.8 Å². The zero-order chi connectivity index (χ0) is 16.8. The third kappa shape index (κ3) is 5.68. The van der Waals surface area contributed by atoms with Crippen LogP contribution in [0.4, 0.5) is 4.79 Å². The molecule has 0 spiro atoms. The lowest BCUT2D eigenvalue weighted by Gasteiger charge is -2.37. The number of carbonyl (C=O) groups is 2. The van der Waals surface area contributed by atoms with Gasteiger partial charge in [-0.05, 0) is 50.6 Å². The van der Waals surface area contributed by atoms with E-state index in [1.807, 2.05) is 4.90 Å². The van der Waals surface area contributed by atoms with Crippen LogP contribution in [0.1, 0.15) is 32.6 Å². The molecule has 1 N–H and O–H groups in total. The summed E-state index contributed by atoms with van der Waals surface area (Å²) in [4.78, 5) is 29.7. The number of urea groups is 1. The minimum Gasteiger partial charge on any atom is -0.347 e. The lowest BCUT2D eigenvalue weighted by molar-refractivity contribution is -0.127. The van der Waals surface area contributed by atoms with E-state index in [1.54, 1.807) is 14.1 Å². The van der Waals surface area contributed by atoms with Crippen LogP contribution in [0.15, 0.2) is 0 Å². The summed E-state index contributed by atoms with van der Waals surface area (Å²) in [7, 11) is 3.40. The fraction of sp³-hybridized carbons (Fsp3) is 0.882. The Kier molecular flexibility index (Phi) is 6.69. The fourth-order valence-corrected chi connectivity index (χ4v) is 3.43. The fourth-order valence-electron chi connectivity index (χ4n) is 3.43. The number of nitrogens with zero attached hydrogens (tertiary/aromatic N) is 3. The number of hydrogen-bond donors (Lipinski definition) is 1. The number of amides is 3. The van der Waals surface area contributed by atoms with E-state index < -0.39 is 0 Å². The standard InChI is InChI=1S/C17H32N4O2/c1-14-6-9-20(10-7-14)12-15-5-4-8-21(13-15)17(23)18-11-16(22)19(2)3/h14-15H,4-13H2,1-3H3,(H,18,23)/t15-/m0/s1. The van der Waals surface area contributed by atoms with Crippen molar-refractivity contribution in [1.82, 2.24) is 20.0 Å². The van der Waals surface area contributed by atoms with E-state index in [4.69, 9.17) is 0 Å². The lowest BCUT2D eigenvalue weighted by Crippen LogP contribution is -2.50. The van der Waals surface area contributed by atoms with E-state index >= 15 is 0 Å². The highest BCUT2D eigenvalue weighted by Gasteiger charge is 2.26. The molecule has 2 saturated heterocycles. The van der Waals surface area contributed by atoms with Gasteiger partial charge in [-0.15, -0.1) is 0 Å². The van der Waals surface area contributed by atoms with Crippen molar-refractivity contribution in [1.29, 1.82) is 0 Å². The average molecular weight is 324 g/mol. The Morgan fingerprint density at radius 3 is 2.48 bits per heavy atom. The Morgan fingerprint density at radius 1 is 1.13 bits per heavy atom. The van der Waals surface area contributed by atoms with Crippen molar-refractivity contribution in [3.05, 3.63) is 0 Å². The number of nitrogens with one attached hydrogen (secondary N) is 1. The SMILES string of the molecule is CC1CCN(C[C@@H]2CCCN(C(=O)NCC(=O)N(C)C)C2)CC1. The summed E-state index contributed by atoms with van der Waals surface area (Å²) in [5, 5.41) is 2.75. The molecule has 0 saturated carbocycles. The molecule has 0 aromatic rings. The van der Waals surface area contributed by atoms with Crippen LogP contribution in [0.25, 0.3) is 0 Å². The van der Waals surface area contributed by atoms with Gasteiger partial charge in [-0.1, -0.05) is 6.92 Å². The quantitative estimate of drug-likeness (QED) is 0.846. The maximum Gasteiger partial charge on any atom is 0.317 e. The molecule has 2 aliphatic heterocycles. The molecular weight excluding hydrogens is 292 g/mol. The van der Waals surface area contributed by atoms with Gasteiger partial charge in [-0.2, -0.15) is 0 Å². The molecule has 0 unspecified atom stereocenters. The molecule has 6 heteroatoms. The van der Waals surface area contributed by atoms with E-state index in [-0.39, 0.29) is 18.5 Å². The molecule has 1 atom stereocenters. The van der Waals surface area contributed by atoms with E-state index in [2.05, 4.69) is 17.1 Å². The lowest BCUT2D eigenvalue weighted by atomic mass is 9.94. The minimum absolute atomic E-state index is 0.0747. The molecule has 0 bridgehead atoms. The molecule has 2 rings (SSSR count). The van der Waals surface area contributed by atoms with Crippen molar-refractivity contribution in [2.24, 2.45) is 11.8 Å². The molecule has 6 nitrogen and oxygen atoms in total. The van der Waals surface area contributed by atoms with Gasteiger partial charge in [0.1, 0.15) is 0 Å². The molecule has 0 aromatic carbocycles. The zero-order valence-corrected chi connectivity index (χ0v) is 14.9. The third-order valence-corrected chi connectivity index (χ3v) is 5.09. The Balaban J connectivity index is 1.74. The minimum atomic E-state index is -0.0998. The maximum atomic E-state index is 12.2. The first-order chi connectivity index (χ1) is 11.0. The predicted molar refractivity (Wildman–Crippen MR) is 91.2 cm³/mol. The van der Waals surface area contributed by atoms with E-state index in [9.17, 15) is 9.59 Å². The molecular formula is C17H32N4O2. The van der Waals surface area contributed by atoms with Crippen molar-refractivity contribution in [2.45, 2.75) is 32.6 Å². The van der Waals surface area contributed by atoms with Gasteiger partial charge in [0.2, 0.25) is 5.91 Å². The smallest absolute Gasteiger partial charge is 0.317 e. The summed E-state index contributed by atoms with van der Waals surface area (Å²) < 4.78 is 0. The number of likely N-dealkylation sites (N-methyl/N-ethyl adjacent to an activating group) is 1. The highest BCUT2D eigenvalue weighted by atomic mass is 16.2. The Labute approximate surface area is 140 Å². The second kappa shape index (κ2) is 8.52. The van der Waals surface area contributed by atoms with Crippen molar-refractivity contribution in [3.63, 3.8) is 0 Å². The largest absolute Gasteiger partial charge is 0.347 e. The van der Waals surface area contributed by atoms with Crippen LogP contribution in [0.2, 0.25) is 0 Å². The summed E-state index contributed by atoms with van der Waals surface area (Å²) >= 11 is 0. The van der Waals surface area contributed by atoms with Gasteiger partial charge in [0.25, 0.3) is 0 Å². The van der Waals surface area contributed by atoms with E-state index in [0.717, 1.165) is 32.0 Å². The molecule has 2 aliphatic rings. The summed E-state index contributed by atoms with van der Waals surface area (Å²) in [6.45, 7) is 7.52. The zero-order valence-electron chi connectivity index (χ0n) is 14.9. The highest BCUT2D eigenvalue weighted by molar-refractivity contribution is 5.83. The number of likely N-dealkylation sites (tertiary alicyclic amines) is 2. The summed E-state index contributed by atoms with van der Waals surface area (Å²) in [6.07, 6.45) is 4.85. The molecule has 0 radical (unpaired) electrons. The maximum absolute atomic E-state index is 12.2. The Bertz CT molecular complexity index is 405. The third-order valence-electron chi connectivity index (χ3n) is 5.09. The topological polar surface area (TPSA) is 55.9 Å². The van der Waals surface area contributed by atoms with Gasteiger partial charge in [0, 0.05) is 33.7 Å².